The quantitative estimate of drug-likeness (QED) is 0.0827. The van der Waals surface area contributed by atoms with Gasteiger partial charge in [0.05, 0.1) is 73.3 Å². The third-order valence-electron chi connectivity index (χ3n) is 13.3. The zero-order valence-corrected chi connectivity index (χ0v) is 41.8. The van der Waals surface area contributed by atoms with Crippen LogP contribution in [0.2, 0.25) is 0 Å². The summed E-state index contributed by atoms with van der Waals surface area (Å²) in [7, 11) is 0. The van der Waals surface area contributed by atoms with Crippen molar-refractivity contribution in [3.8, 4) is 0 Å². The van der Waals surface area contributed by atoms with Gasteiger partial charge in [0.1, 0.15) is 18.3 Å². The lowest BCUT2D eigenvalue weighted by Crippen LogP contribution is -2.62. The standard InChI is InChI=1S/C54H78N2O17/c1-33-18-14-12-10-8-6-4-5-7-9-11-13-15-21-40(71-53-51(67)48(55)50(66)52(68)72-53)29-45-47(42(61)22-16-19-36-20-17-25-56-32-36)44(63)31-54(69,73-45)30-39(59)27-43(62)41(60)24-23-37(57)26-38(58)28-46(64)70-35(3)34(2)49(33)65/h4,6,8-9,11,13-18,20-22,25,32-35,37-41,43-45,47-53,57-60,62-63,65-69H,10,12,19,23-24,26-31,55H2,1-3H3/b8-6+,9-4?,13-11+,18-14+,21-15+,22-16+/t33-,34-,35-,37?,38+,39?,40?,41?,43?,44-,45-,47?,48-,49?,50-,51-,52-,53?,54?/m0/s1. The first kappa shape index (κ1) is 61.2. The van der Waals surface area contributed by atoms with Crippen LogP contribution in [0, 0.1) is 17.8 Å². The summed E-state index contributed by atoms with van der Waals surface area (Å²) in [5.74, 6) is -5.65. The molecule has 0 spiro atoms. The topological polar surface area (TPSA) is 332 Å². The molecular formula is C54H78N2O17. The maximum Gasteiger partial charge on any atom is 0.308 e. The maximum atomic E-state index is 14.0. The van der Waals surface area contributed by atoms with Crippen molar-refractivity contribution in [2.45, 2.75) is 189 Å². The minimum atomic E-state index is -2.32. The van der Waals surface area contributed by atoms with Crippen molar-refractivity contribution in [2.24, 2.45) is 23.5 Å². The first-order valence-electron chi connectivity index (χ1n) is 25.1. The largest absolute Gasteiger partial charge is 0.462 e. The number of ether oxygens (including phenoxy) is 4. The number of aliphatic hydroxyl groups excluding tert-OH is 10. The van der Waals surface area contributed by atoms with E-state index in [1.165, 1.54) is 12.2 Å². The van der Waals surface area contributed by atoms with Gasteiger partial charge in [-0.25, -0.2) is 0 Å². The highest BCUT2D eigenvalue weighted by molar-refractivity contribution is 5.92. The zero-order chi connectivity index (χ0) is 53.7. The van der Waals surface area contributed by atoms with Crippen molar-refractivity contribution in [2.75, 3.05) is 0 Å². The number of aliphatic hydroxyl groups is 11. The van der Waals surface area contributed by atoms with Gasteiger partial charge in [-0.1, -0.05) is 86.1 Å². The van der Waals surface area contributed by atoms with Crippen molar-refractivity contribution in [3.05, 3.63) is 114 Å². The summed E-state index contributed by atoms with van der Waals surface area (Å²) < 4.78 is 23.2. The summed E-state index contributed by atoms with van der Waals surface area (Å²) in [4.78, 5) is 30.7. The van der Waals surface area contributed by atoms with Gasteiger partial charge in [-0.3, -0.25) is 14.6 Å². The summed E-state index contributed by atoms with van der Waals surface area (Å²) in [6, 6.07) is 2.16. The Bertz CT molecular complexity index is 2090. The number of aromatic nitrogens is 1. The van der Waals surface area contributed by atoms with Crippen molar-refractivity contribution in [1.82, 2.24) is 4.98 Å². The van der Waals surface area contributed by atoms with Crippen molar-refractivity contribution in [1.29, 1.82) is 0 Å². The Morgan fingerprint density at radius 2 is 1.55 bits per heavy atom. The fourth-order valence-electron chi connectivity index (χ4n) is 8.86. The third kappa shape index (κ3) is 20.7. The smallest absolute Gasteiger partial charge is 0.308 e. The minimum Gasteiger partial charge on any atom is -0.462 e. The average Bonchev–Trinajstić information content (AvgIpc) is 3.33. The van der Waals surface area contributed by atoms with Gasteiger partial charge >= 0.3 is 5.97 Å². The normalized spacial score (nSPS) is 40.6. The van der Waals surface area contributed by atoms with E-state index in [-0.39, 0.29) is 31.6 Å². The number of hydrogen-bond acceptors (Lipinski definition) is 19. The molecule has 19 atom stereocenters. The van der Waals surface area contributed by atoms with Gasteiger partial charge in [0.25, 0.3) is 0 Å². The molecule has 0 saturated carbocycles. The molecule has 0 amide bonds. The van der Waals surface area contributed by atoms with Gasteiger partial charge in [-0.2, -0.15) is 0 Å². The molecule has 2 saturated heterocycles. The zero-order valence-electron chi connectivity index (χ0n) is 41.8. The van der Waals surface area contributed by atoms with E-state index in [2.05, 4.69) is 16.4 Å². The second-order valence-electron chi connectivity index (χ2n) is 19.4. The molecule has 9 unspecified atom stereocenters. The Balaban J connectivity index is 1.62. The highest BCUT2D eigenvalue weighted by Crippen LogP contribution is 2.39. The van der Waals surface area contributed by atoms with Gasteiger partial charge in [0.15, 0.2) is 24.2 Å². The van der Waals surface area contributed by atoms with E-state index < -0.39 is 147 Å². The van der Waals surface area contributed by atoms with Crippen molar-refractivity contribution >= 4 is 11.8 Å². The number of ketones is 1. The average molecular weight is 1030 g/mol. The number of rotatable bonds is 6. The monoisotopic (exact) mass is 1030 g/mol. The number of carbonyl (C=O) groups is 2. The number of fused-ring (bicyclic) bond motifs is 2. The van der Waals surface area contributed by atoms with Crippen LogP contribution in [-0.2, 0) is 35.0 Å². The number of nitrogens with two attached hydrogens (primary N) is 1. The molecule has 0 aromatic carbocycles. The third-order valence-corrected chi connectivity index (χ3v) is 13.3. The van der Waals surface area contributed by atoms with E-state index in [0.29, 0.717) is 19.3 Å². The molecule has 1 aromatic heterocycles. The van der Waals surface area contributed by atoms with E-state index in [1.54, 1.807) is 74.8 Å². The number of carbonyl (C=O) groups excluding carboxylic acids is 2. The maximum absolute atomic E-state index is 14.0. The van der Waals surface area contributed by atoms with Crippen LogP contribution in [0.1, 0.15) is 90.5 Å². The second kappa shape index (κ2) is 30.9. The van der Waals surface area contributed by atoms with Crippen LogP contribution in [0.3, 0.4) is 0 Å². The van der Waals surface area contributed by atoms with Crippen molar-refractivity contribution in [3.63, 3.8) is 0 Å². The molecule has 3 aliphatic heterocycles. The molecule has 2 fully saturated rings. The van der Waals surface area contributed by atoms with Gasteiger partial charge in [-0.15, -0.1) is 0 Å². The lowest BCUT2D eigenvalue weighted by Gasteiger charge is -2.45. The minimum absolute atomic E-state index is 0.110. The van der Waals surface area contributed by atoms with E-state index in [9.17, 15) is 65.8 Å². The molecule has 73 heavy (non-hydrogen) atoms. The van der Waals surface area contributed by atoms with Crippen LogP contribution in [0.25, 0.3) is 0 Å². The molecule has 13 N–H and O–H groups in total. The summed E-state index contributed by atoms with van der Waals surface area (Å²) in [6.45, 7) is 5.26. The summed E-state index contributed by atoms with van der Waals surface area (Å²) in [5.41, 5.74) is 12.5. The molecule has 0 aliphatic carbocycles. The predicted octanol–water partition coefficient (Wildman–Crippen LogP) is 1.30. The molecule has 1 aromatic rings. The number of hydrogen-bond donors (Lipinski definition) is 12. The number of cyclic esters (lactones) is 1. The highest BCUT2D eigenvalue weighted by Gasteiger charge is 2.50. The Labute approximate surface area is 427 Å². The first-order valence-corrected chi connectivity index (χ1v) is 25.1. The molecule has 4 heterocycles. The van der Waals surface area contributed by atoms with Gasteiger partial charge in [0.2, 0.25) is 0 Å². The molecule has 3 aliphatic rings. The molecule has 2 bridgehead atoms. The highest BCUT2D eigenvalue weighted by atomic mass is 16.7. The first-order chi connectivity index (χ1) is 34.7. The van der Waals surface area contributed by atoms with Gasteiger partial charge < -0.3 is 80.9 Å². The van der Waals surface area contributed by atoms with Gasteiger partial charge in [0, 0.05) is 49.9 Å². The summed E-state index contributed by atoms with van der Waals surface area (Å²) in [6.07, 6.45) is 2.44. The number of esters is 1. The number of nitrogens with zero attached hydrogens (tertiary/aromatic N) is 1. The van der Waals surface area contributed by atoms with E-state index in [0.717, 1.165) is 5.56 Å². The second-order valence-corrected chi connectivity index (χ2v) is 19.4. The molecule has 19 heteroatoms. The van der Waals surface area contributed by atoms with Gasteiger partial charge in [-0.05, 0) is 75.3 Å². The van der Waals surface area contributed by atoms with Crippen LogP contribution in [0.5, 0.6) is 0 Å². The predicted molar refractivity (Wildman–Crippen MR) is 266 cm³/mol. The lowest BCUT2D eigenvalue weighted by atomic mass is 9.80. The van der Waals surface area contributed by atoms with E-state index >= 15 is 0 Å². The molecular weight excluding hydrogens is 949 g/mol. The van der Waals surface area contributed by atoms with E-state index in [4.69, 9.17) is 24.7 Å². The Kier molecular flexibility index (Phi) is 25.9. The fraction of sp³-hybridized carbons (Fsp3) is 0.611. The summed E-state index contributed by atoms with van der Waals surface area (Å²) >= 11 is 0. The molecule has 19 nitrogen and oxygen atoms in total. The molecule has 406 valence electrons. The molecule has 0 radical (unpaired) electrons. The van der Waals surface area contributed by atoms with Crippen molar-refractivity contribution < 1.29 is 84.7 Å². The fourth-order valence-corrected chi connectivity index (χ4v) is 8.86. The van der Waals surface area contributed by atoms with E-state index in [1.807, 2.05) is 31.2 Å². The Morgan fingerprint density at radius 3 is 2.27 bits per heavy atom. The number of pyridine rings is 1. The SMILES string of the molecule is C[C@@H]1OC(=O)C[C@H](O)CC(O)CCC(O)C(O)CC(O)CC2(O)C[C@H](O)C(C(=O)/C=C/Cc3cccnc3)[C@H](CC(OC3O[C@H](O)[C@@H](O)[C@H](N)[C@@H]3O)/C=C/C=C/C=C=C=C/C=C/CC/C=C/[C@H](C)C(O)[C@H]1C)O2. The van der Waals surface area contributed by atoms with Crippen LogP contribution in [-0.4, -0.2) is 171 Å². The van der Waals surface area contributed by atoms with Crippen LogP contribution < -0.4 is 5.73 Å². The van der Waals surface area contributed by atoms with Crippen LogP contribution >= 0.6 is 0 Å². The van der Waals surface area contributed by atoms with Crippen LogP contribution in [0.4, 0.5) is 0 Å². The van der Waals surface area contributed by atoms with Crippen LogP contribution in [0.15, 0.2) is 109 Å². The summed E-state index contributed by atoms with van der Waals surface area (Å²) in [5, 5.41) is 120. The molecule has 4 rings (SSSR count). The number of allylic oxidation sites excluding steroid dienone is 10. The Morgan fingerprint density at radius 1 is 0.822 bits per heavy atom. The lowest BCUT2D eigenvalue weighted by molar-refractivity contribution is -0.331. The Hall–Kier alpha value is -4.31.